The molecular formula is C22H26N2O2. The van der Waals surface area contributed by atoms with Gasteiger partial charge < -0.3 is 10.5 Å². The molecule has 1 unspecified atom stereocenters. The van der Waals surface area contributed by atoms with E-state index in [1.165, 1.54) is 0 Å². The SMILES string of the molecule is Cc1cc(C)c(C)c(C2C(C#N)=C(N)OC3=C2C(=O)CC(C)(C)C3)c1C. The lowest BCUT2D eigenvalue weighted by molar-refractivity contribution is -0.119. The molecule has 0 fully saturated rings. The van der Waals surface area contributed by atoms with E-state index in [0.717, 1.165) is 27.8 Å². The van der Waals surface area contributed by atoms with Gasteiger partial charge in [-0.25, -0.2) is 0 Å². The van der Waals surface area contributed by atoms with Gasteiger partial charge in [0.15, 0.2) is 5.78 Å². The van der Waals surface area contributed by atoms with E-state index in [1.807, 2.05) is 0 Å². The van der Waals surface area contributed by atoms with E-state index in [4.69, 9.17) is 10.5 Å². The fourth-order valence-corrected chi connectivity index (χ4v) is 4.25. The second kappa shape index (κ2) is 6.02. The number of hydrogen-bond donors (Lipinski definition) is 1. The minimum Gasteiger partial charge on any atom is -0.444 e. The maximum absolute atomic E-state index is 13.1. The molecule has 0 bridgehead atoms. The van der Waals surface area contributed by atoms with Gasteiger partial charge in [-0.15, -0.1) is 0 Å². The summed E-state index contributed by atoms with van der Waals surface area (Å²) >= 11 is 0. The lowest BCUT2D eigenvalue weighted by Gasteiger charge is -2.38. The molecule has 0 saturated carbocycles. The number of hydrogen-bond acceptors (Lipinski definition) is 4. The van der Waals surface area contributed by atoms with Crippen molar-refractivity contribution in [2.24, 2.45) is 11.1 Å². The van der Waals surface area contributed by atoms with Crippen LogP contribution in [0.15, 0.2) is 28.9 Å². The molecule has 3 rings (SSSR count). The van der Waals surface area contributed by atoms with E-state index < -0.39 is 5.92 Å². The van der Waals surface area contributed by atoms with Crippen LogP contribution in [-0.4, -0.2) is 5.78 Å². The van der Waals surface area contributed by atoms with Gasteiger partial charge in [0.1, 0.15) is 17.4 Å². The van der Waals surface area contributed by atoms with Crippen LogP contribution in [0.4, 0.5) is 0 Å². The summed E-state index contributed by atoms with van der Waals surface area (Å²) < 4.78 is 5.79. The zero-order valence-corrected chi connectivity index (χ0v) is 16.4. The van der Waals surface area contributed by atoms with Crippen LogP contribution < -0.4 is 5.73 Å². The van der Waals surface area contributed by atoms with Gasteiger partial charge in [0.25, 0.3) is 0 Å². The monoisotopic (exact) mass is 350 g/mol. The van der Waals surface area contributed by atoms with Crippen LogP contribution in [0.2, 0.25) is 0 Å². The van der Waals surface area contributed by atoms with Crippen LogP contribution in [0, 0.1) is 44.4 Å². The summed E-state index contributed by atoms with van der Waals surface area (Å²) in [7, 11) is 0. The van der Waals surface area contributed by atoms with Crippen molar-refractivity contribution in [1.82, 2.24) is 0 Å². The maximum Gasteiger partial charge on any atom is 0.205 e. The molecule has 0 aromatic heterocycles. The van der Waals surface area contributed by atoms with Gasteiger partial charge in [-0.1, -0.05) is 19.9 Å². The molecule has 136 valence electrons. The van der Waals surface area contributed by atoms with Crippen LogP contribution in [-0.2, 0) is 9.53 Å². The number of carbonyl (C=O) groups is 1. The lowest BCUT2D eigenvalue weighted by atomic mass is 9.68. The van der Waals surface area contributed by atoms with Gasteiger partial charge in [-0.2, -0.15) is 5.26 Å². The Balaban J connectivity index is 2.33. The van der Waals surface area contributed by atoms with Crippen molar-refractivity contribution in [3.63, 3.8) is 0 Å². The van der Waals surface area contributed by atoms with Gasteiger partial charge >= 0.3 is 0 Å². The Morgan fingerprint density at radius 3 is 2.27 bits per heavy atom. The summed E-state index contributed by atoms with van der Waals surface area (Å²) in [6.45, 7) is 12.3. The molecule has 1 aliphatic heterocycles. The highest BCUT2D eigenvalue weighted by molar-refractivity contribution is 6.00. The Kier molecular flexibility index (Phi) is 4.23. The summed E-state index contributed by atoms with van der Waals surface area (Å²) in [5, 5.41) is 9.79. The van der Waals surface area contributed by atoms with Gasteiger partial charge in [0.2, 0.25) is 5.88 Å². The molecule has 1 aromatic rings. The highest BCUT2D eigenvalue weighted by atomic mass is 16.5. The minimum atomic E-state index is -0.439. The van der Waals surface area contributed by atoms with Crippen molar-refractivity contribution in [2.75, 3.05) is 0 Å². The standard InChI is InChI=1S/C22H26N2O2/c1-11-7-12(2)14(4)18(13(11)3)19-15(10-23)21(24)26-17-9-22(5,6)8-16(25)20(17)19/h7,19H,8-9,24H2,1-6H3. The van der Waals surface area contributed by atoms with Crippen molar-refractivity contribution in [2.45, 2.75) is 60.3 Å². The van der Waals surface area contributed by atoms with E-state index >= 15 is 0 Å². The fourth-order valence-electron chi connectivity index (χ4n) is 4.25. The average molecular weight is 350 g/mol. The molecular weight excluding hydrogens is 324 g/mol. The topological polar surface area (TPSA) is 76.1 Å². The van der Waals surface area contributed by atoms with Crippen LogP contribution >= 0.6 is 0 Å². The number of aryl methyl sites for hydroxylation is 2. The molecule has 0 saturated heterocycles. The zero-order valence-electron chi connectivity index (χ0n) is 16.4. The number of nitriles is 1. The van der Waals surface area contributed by atoms with Crippen LogP contribution in [0.25, 0.3) is 0 Å². The Bertz CT molecular complexity index is 900. The quantitative estimate of drug-likeness (QED) is 0.816. The number of carbonyl (C=O) groups excluding carboxylic acids is 1. The summed E-state index contributed by atoms with van der Waals surface area (Å²) in [6, 6.07) is 4.36. The van der Waals surface area contributed by atoms with Crippen molar-refractivity contribution >= 4 is 5.78 Å². The number of Topliss-reactive ketones (excluding diaryl/α,β-unsaturated/α-hetero) is 1. The molecule has 2 aliphatic rings. The van der Waals surface area contributed by atoms with Gasteiger partial charge in [0.05, 0.1) is 5.92 Å². The lowest BCUT2D eigenvalue weighted by Crippen LogP contribution is -2.34. The predicted molar refractivity (Wildman–Crippen MR) is 101 cm³/mol. The number of nitrogens with zero attached hydrogens (tertiary/aromatic N) is 1. The number of ketones is 1. The highest BCUT2D eigenvalue weighted by Crippen LogP contribution is 2.49. The fraction of sp³-hybridized carbons (Fsp3) is 0.455. The molecule has 4 heteroatoms. The molecule has 0 radical (unpaired) electrons. The molecule has 2 N–H and O–H groups in total. The first-order chi connectivity index (χ1) is 12.1. The van der Waals surface area contributed by atoms with Crippen molar-refractivity contribution in [3.8, 4) is 6.07 Å². The zero-order chi connectivity index (χ0) is 19.4. The van der Waals surface area contributed by atoms with E-state index in [0.29, 0.717) is 29.7 Å². The number of allylic oxidation sites excluding steroid dienone is 3. The molecule has 1 heterocycles. The van der Waals surface area contributed by atoms with Gasteiger partial charge in [-0.05, 0) is 60.9 Å². The first kappa shape index (κ1) is 18.3. The maximum atomic E-state index is 13.1. The van der Waals surface area contributed by atoms with Crippen LogP contribution in [0.1, 0.15) is 60.4 Å². The minimum absolute atomic E-state index is 0.0551. The second-order valence-electron chi connectivity index (χ2n) is 8.38. The van der Waals surface area contributed by atoms with Crippen molar-refractivity contribution in [1.29, 1.82) is 5.26 Å². The molecule has 0 amide bonds. The largest absolute Gasteiger partial charge is 0.444 e. The summed E-state index contributed by atoms with van der Waals surface area (Å²) in [5.74, 6) is 0.371. The smallest absolute Gasteiger partial charge is 0.205 e. The Morgan fingerprint density at radius 1 is 1.15 bits per heavy atom. The average Bonchev–Trinajstić information content (AvgIpc) is 2.51. The van der Waals surface area contributed by atoms with E-state index in [-0.39, 0.29) is 17.1 Å². The molecule has 1 atom stereocenters. The number of benzene rings is 1. The first-order valence-corrected chi connectivity index (χ1v) is 8.98. The molecule has 4 nitrogen and oxygen atoms in total. The molecule has 0 spiro atoms. The van der Waals surface area contributed by atoms with Crippen molar-refractivity contribution in [3.05, 3.63) is 56.7 Å². The van der Waals surface area contributed by atoms with Crippen LogP contribution in [0.5, 0.6) is 0 Å². The third-order valence-corrected chi connectivity index (χ3v) is 5.79. The number of rotatable bonds is 1. The summed E-state index contributed by atoms with van der Waals surface area (Å²) in [5.41, 5.74) is 12.4. The van der Waals surface area contributed by atoms with E-state index in [1.54, 1.807) is 0 Å². The molecule has 26 heavy (non-hydrogen) atoms. The Hall–Kier alpha value is -2.54. The van der Waals surface area contributed by atoms with E-state index in [2.05, 4.69) is 53.7 Å². The van der Waals surface area contributed by atoms with E-state index in [9.17, 15) is 10.1 Å². The third kappa shape index (κ3) is 2.72. The Labute approximate surface area is 155 Å². The Morgan fingerprint density at radius 2 is 1.73 bits per heavy atom. The molecule has 1 aliphatic carbocycles. The molecule has 1 aromatic carbocycles. The van der Waals surface area contributed by atoms with Crippen LogP contribution in [0.3, 0.4) is 0 Å². The summed E-state index contributed by atoms with van der Waals surface area (Å²) in [6.07, 6.45) is 1.10. The van der Waals surface area contributed by atoms with Crippen molar-refractivity contribution < 1.29 is 9.53 Å². The third-order valence-electron chi connectivity index (χ3n) is 5.79. The normalized spacial score (nSPS) is 22.0. The number of ether oxygens (including phenoxy) is 1. The summed E-state index contributed by atoms with van der Waals surface area (Å²) in [4.78, 5) is 13.1. The van der Waals surface area contributed by atoms with Gasteiger partial charge in [0, 0.05) is 18.4 Å². The second-order valence-corrected chi connectivity index (χ2v) is 8.38. The predicted octanol–water partition coefficient (Wildman–Crippen LogP) is 4.37. The van der Waals surface area contributed by atoms with Gasteiger partial charge in [-0.3, -0.25) is 4.79 Å². The number of nitrogens with two attached hydrogens (primary N) is 1. The first-order valence-electron chi connectivity index (χ1n) is 8.98. The highest BCUT2D eigenvalue weighted by Gasteiger charge is 2.43.